The maximum atomic E-state index is 9.80. The zero-order valence-electron chi connectivity index (χ0n) is 13.8. The van der Waals surface area contributed by atoms with Crippen LogP contribution in [0.2, 0.25) is 0 Å². The Balaban J connectivity index is 1.64. The molecule has 0 radical (unpaired) electrons. The molecule has 4 heteroatoms. The number of nitrogens with zero attached hydrogens (tertiary/aromatic N) is 2. The van der Waals surface area contributed by atoms with E-state index in [2.05, 4.69) is 29.6 Å². The summed E-state index contributed by atoms with van der Waals surface area (Å²) in [5.74, 6) is 0. The van der Waals surface area contributed by atoms with Crippen molar-refractivity contribution in [3.63, 3.8) is 0 Å². The van der Waals surface area contributed by atoms with Crippen LogP contribution in [-0.2, 0) is 25.9 Å². The minimum Gasteiger partial charge on any atom is -0.392 e. The summed E-state index contributed by atoms with van der Waals surface area (Å²) >= 11 is 0. The third kappa shape index (κ3) is 1.93. The maximum absolute atomic E-state index is 9.80. The second kappa shape index (κ2) is 4.84. The highest BCUT2D eigenvalue weighted by Gasteiger charge is 2.40. The molecule has 3 heterocycles. The SMILES string of the molecule is Cc1cn2cc(CO)c3c(c2n1)NC1(CC3)Cc2ccccc2C1. The molecule has 0 saturated heterocycles. The number of benzene rings is 1. The highest BCUT2D eigenvalue weighted by atomic mass is 16.3. The Hall–Kier alpha value is -2.33. The number of aryl methyl sites for hydroxylation is 1. The van der Waals surface area contributed by atoms with E-state index in [1.807, 2.05) is 23.7 Å². The number of aromatic nitrogens is 2. The highest BCUT2D eigenvalue weighted by Crippen LogP contribution is 2.42. The Bertz CT molecular complexity index is 932. The standard InChI is InChI=1S/C20H21N3O/c1-13-10-23-11-16(12-24)17-6-7-20(22-18(17)19(23)21-13)8-14-4-2-3-5-15(14)9-20/h2-5,10-11,22,24H,6-9,12H2,1H3. The summed E-state index contributed by atoms with van der Waals surface area (Å²) in [6.45, 7) is 2.09. The van der Waals surface area contributed by atoms with Crippen molar-refractivity contribution in [1.82, 2.24) is 9.38 Å². The van der Waals surface area contributed by atoms with Crippen LogP contribution in [0.15, 0.2) is 36.7 Å². The van der Waals surface area contributed by atoms with Crippen molar-refractivity contribution in [2.45, 2.75) is 44.8 Å². The van der Waals surface area contributed by atoms with E-state index in [-0.39, 0.29) is 12.1 Å². The Morgan fingerprint density at radius 1 is 1.21 bits per heavy atom. The lowest BCUT2D eigenvalue weighted by Crippen LogP contribution is -2.43. The van der Waals surface area contributed by atoms with Crippen molar-refractivity contribution in [3.05, 3.63) is 64.6 Å². The van der Waals surface area contributed by atoms with Crippen LogP contribution in [0.25, 0.3) is 5.65 Å². The number of fused-ring (bicyclic) bond motifs is 4. The third-order valence-corrected chi connectivity index (χ3v) is 5.65. The Morgan fingerprint density at radius 3 is 2.67 bits per heavy atom. The fourth-order valence-corrected chi connectivity index (χ4v) is 4.55. The quantitative estimate of drug-likeness (QED) is 0.725. The average molecular weight is 319 g/mol. The molecule has 4 nitrogen and oxygen atoms in total. The molecule has 3 aromatic rings. The zero-order chi connectivity index (χ0) is 16.3. The molecule has 1 aliphatic heterocycles. The monoisotopic (exact) mass is 319 g/mol. The van der Waals surface area contributed by atoms with Gasteiger partial charge in [0.2, 0.25) is 0 Å². The first-order chi connectivity index (χ1) is 11.7. The van der Waals surface area contributed by atoms with E-state index in [1.54, 1.807) is 0 Å². The van der Waals surface area contributed by atoms with E-state index < -0.39 is 0 Å². The molecule has 5 rings (SSSR count). The van der Waals surface area contributed by atoms with Crippen LogP contribution in [0.4, 0.5) is 5.69 Å². The predicted molar refractivity (Wildman–Crippen MR) is 94.4 cm³/mol. The van der Waals surface area contributed by atoms with Crippen LogP contribution in [-0.4, -0.2) is 20.0 Å². The molecule has 0 amide bonds. The average Bonchev–Trinajstić information content (AvgIpc) is 3.13. The molecule has 0 fully saturated rings. The minimum atomic E-state index is 0.0738. The van der Waals surface area contributed by atoms with Crippen molar-refractivity contribution in [3.8, 4) is 0 Å². The first-order valence-corrected chi connectivity index (χ1v) is 8.63. The summed E-state index contributed by atoms with van der Waals surface area (Å²) < 4.78 is 2.05. The number of anilines is 1. The van der Waals surface area contributed by atoms with Crippen molar-refractivity contribution in [2.24, 2.45) is 0 Å². The molecule has 2 aromatic heterocycles. The summed E-state index contributed by atoms with van der Waals surface area (Å²) in [4.78, 5) is 4.72. The van der Waals surface area contributed by atoms with Gasteiger partial charge in [-0.25, -0.2) is 4.98 Å². The van der Waals surface area contributed by atoms with Crippen LogP contribution in [0, 0.1) is 6.92 Å². The van der Waals surface area contributed by atoms with E-state index in [0.29, 0.717) is 0 Å². The van der Waals surface area contributed by atoms with Gasteiger partial charge in [0.15, 0.2) is 5.65 Å². The van der Waals surface area contributed by atoms with Crippen molar-refractivity contribution in [2.75, 3.05) is 5.32 Å². The fourth-order valence-electron chi connectivity index (χ4n) is 4.55. The van der Waals surface area contributed by atoms with E-state index in [1.165, 1.54) is 16.7 Å². The first kappa shape index (κ1) is 14.1. The van der Waals surface area contributed by atoms with Crippen LogP contribution >= 0.6 is 0 Å². The van der Waals surface area contributed by atoms with Gasteiger partial charge in [0.05, 0.1) is 18.0 Å². The number of hydrogen-bond acceptors (Lipinski definition) is 3. The van der Waals surface area contributed by atoms with Gasteiger partial charge in [0.1, 0.15) is 0 Å². The smallest absolute Gasteiger partial charge is 0.160 e. The number of aliphatic hydroxyl groups excluding tert-OH is 1. The van der Waals surface area contributed by atoms with E-state index in [9.17, 15) is 5.11 Å². The maximum Gasteiger partial charge on any atom is 0.160 e. The molecular weight excluding hydrogens is 298 g/mol. The van der Waals surface area contributed by atoms with Gasteiger partial charge < -0.3 is 14.8 Å². The van der Waals surface area contributed by atoms with Gasteiger partial charge in [-0.1, -0.05) is 24.3 Å². The van der Waals surface area contributed by atoms with Gasteiger partial charge in [0, 0.05) is 17.9 Å². The van der Waals surface area contributed by atoms with Gasteiger partial charge in [-0.2, -0.15) is 0 Å². The van der Waals surface area contributed by atoms with Gasteiger partial charge in [-0.05, 0) is 54.9 Å². The molecule has 2 aliphatic rings. The third-order valence-electron chi connectivity index (χ3n) is 5.65. The molecule has 0 atom stereocenters. The molecule has 24 heavy (non-hydrogen) atoms. The van der Waals surface area contributed by atoms with E-state index in [4.69, 9.17) is 4.98 Å². The molecule has 122 valence electrons. The summed E-state index contributed by atoms with van der Waals surface area (Å²) in [5.41, 5.74) is 8.35. The van der Waals surface area contributed by atoms with Crippen LogP contribution in [0.3, 0.4) is 0 Å². The summed E-state index contributed by atoms with van der Waals surface area (Å²) in [6, 6.07) is 8.77. The van der Waals surface area contributed by atoms with Crippen LogP contribution in [0.5, 0.6) is 0 Å². The summed E-state index contributed by atoms with van der Waals surface area (Å²) in [7, 11) is 0. The van der Waals surface area contributed by atoms with Crippen LogP contribution < -0.4 is 5.32 Å². The van der Waals surface area contributed by atoms with Crippen LogP contribution in [0.1, 0.15) is 34.4 Å². The Kier molecular flexibility index (Phi) is 2.83. The molecule has 1 aliphatic carbocycles. The largest absolute Gasteiger partial charge is 0.392 e. The second-order valence-electron chi connectivity index (χ2n) is 7.31. The Labute approximate surface area is 141 Å². The second-order valence-corrected chi connectivity index (χ2v) is 7.31. The predicted octanol–water partition coefficient (Wildman–Crippen LogP) is 3.03. The molecule has 1 aromatic carbocycles. The number of rotatable bonds is 1. The highest BCUT2D eigenvalue weighted by molar-refractivity contribution is 5.76. The lowest BCUT2D eigenvalue weighted by Gasteiger charge is -2.37. The number of nitrogens with one attached hydrogen (secondary N) is 1. The van der Waals surface area contributed by atoms with Gasteiger partial charge >= 0.3 is 0 Å². The molecule has 0 saturated carbocycles. The van der Waals surface area contributed by atoms with Gasteiger partial charge in [0.25, 0.3) is 0 Å². The minimum absolute atomic E-state index is 0.0738. The zero-order valence-corrected chi connectivity index (χ0v) is 13.8. The van der Waals surface area contributed by atoms with Gasteiger partial charge in [-0.3, -0.25) is 0 Å². The molecular formula is C20H21N3O. The fraction of sp³-hybridized carbons (Fsp3) is 0.350. The number of aliphatic hydroxyl groups is 1. The number of pyridine rings is 1. The summed E-state index contributed by atoms with van der Waals surface area (Å²) in [6.07, 6.45) is 8.28. The lowest BCUT2D eigenvalue weighted by atomic mass is 9.83. The molecule has 0 unspecified atom stereocenters. The molecule has 2 N–H and O–H groups in total. The number of hydrogen-bond donors (Lipinski definition) is 2. The van der Waals surface area contributed by atoms with Crippen molar-refractivity contribution in [1.29, 1.82) is 0 Å². The van der Waals surface area contributed by atoms with E-state index in [0.717, 1.165) is 48.3 Å². The van der Waals surface area contributed by atoms with Crippen molar-refractivity contribution >= 4 is 11.3 Å². The number of imidazole rings is 1. The molecule has 1 spiro atoms. The Morgan fingerprint density at radius 2 is 1.96 bits per heavy atom. The topological polar surface area (TPSA) is 49.6 Å². The first-order valence-electron chi connectivity index (χ1n) is 8.63. The van der Waals surface area contributed by atoms with Gasteiger partial charge in [-0.15, -0.1) is 0 Å². The normalized spacial score (nSPS) is 17.8. The van der Waals surface area contributed by atoms with Crippen molar-refractivity contribution < 1.29 is 5.11 Å². The lowest BCUT2D eigenvalue weighted by molar-refractivity contribution is 0.279. The van der Waals surface area contributed by atoms with E-state index >= 15 is 0 Å². The summed E-state index contributed by atoms with van der Waals surface area (Å²) in [5, 5.41) is 13.7. The molecule has 0 bridgehead atoms.